The van der Waals surface area contributed by atoms with E-state index < -0.39 is 20.3 Å². The van der Waals surface area contributed by atoms with Crippen LogP contribution in [0.25, 0.3) is 0 Å². The van der Waals surface area contributed by atoms with Gasteiger partial charge in [-0.05, 0) is 70.5 Å². The third-order valence-electron chi connectivity index (χ3n) is 10.2. The van der Waals surface area contributed by atoms with E-state index in [1.807, 2.05) is 33.0 Å². The third kappa shape index (κ3) is 15.1. The molecule has 9 heteroatoms. The van der Waals surface area contributed by atoms with Gasteiger partial charge in [-0.1, -0.05) is 91.2 Å². The van der Waals surface area contributed by atoms with E-state index in [9.17, 15) is 9.59 Å². The summed E-state index contributed by atoms with van der Waals surface area (Å²) in [5.41, 5.74) is 0. The van der Waals surface area contributed by atoms with Crippen LogP contribution in [0.5, 0.6) is 0 Å². The maximum Gasteiger partial charge on any atom is 0.306 e. The van der Waals surface area contributed by atoms with Gasteiger partial charge < -0.3 is 18.6 Å². The summed E-state index contributed by atoms with van der Waals surface area (Å²) >= 11 is 0. The van der Waals surface area contributed by atoms with Gasteiger partial charge in [0, 0.05) is 37.7 Å². The molecule has 47 heavy (non-hydrogen) atoms. The summed E-state index contributed by atoms with van der Waals surface area (Å²) in [6.07, 6.45) is 14.2. The summed E-state index contributed by atoms with van der Waals surface area (Å²) in [6.45, 7) is 16.7. The number of alkyl halides is 2. The van der Waals surface area contributed by atoms with E-state index in [0.717, 1.165) is 77.0 Å². The Bertz CT molecular complexity index is 941. The second-order valence-corrected chi connectivity index (χ2v) is 20.5. The number of ketones is 1. The molecule has 5 atom stereocenters. The Kier molecular flexibility index (Phi) is 18.3. The van der Waals surface area contributed by atoms with Crippen LogP contribution in [0.15, 0.2) is 12.2 Å². The van der Waals surface area contributed by atoms with Crippen LogP contribution in [0.4, 0.5) is 8.78 Å². The average Bonchev–Trinajstić information content (AvgIpc) is 3.27. The zero-order valence-electron chi connectivity index (χ0n) is 31.1. The molecule has 6 nitrogen and oxygen atoms in total. The number of carbonyl (C=O) groups is 2. The van der Waals surface area contributed by atoms with Gasteiger partial charge in [0.2, 0.25) is 0 Å². The van der Waals surface area contributed by atoms with Crippen LogP contribution < -0.4 is 0 Å². The average molecular weight is 687 g/mol. The first-order valence-corrected chi connectivity index (χ1v) is 21.7. The number of carbonyl (C=O) groups excluding carboxylic acids is 2. The molecule has 0 aromatic rings. The van der Waals surface area contributed by atoms with E-state index in [4.69, 9.17) is 18.6 Å². The molecule has 0 bridgehead atoms. The predicted octanol–water partition coefficient (Wildman–Crippen LogP) is 10.7. The molecule has 0 aromatic carbocycles. The molecule has 0 N–H and O–H groups in total. The molecule has 1 aliphatic heterocycles. The standard InChI is InChI=1S/C38H68F2O6Si/c1-9-10-11-19-26-38(39,40)34(46-47(7,8)37(4,5)6)25-24-31-30(32(41)28-33(31)45-36-23-18-20-27-43-36)21-16-14-12-13-15-17-22-35(42)44-29(2)3/h24-25,29-31,33-34,36H,9-23,26-28H2,1-8H3/t30-,31-,33-,34?,36?/m1/s1. The fraction of sp³-hybridized carbons (Fsp3) is 0.895. The van der Waals surface area contributed by atoms with Crippen molar-refractivity contribution in [2.45, 2.75) is 199 Å². The Morgan fingerprint density at radius 3 is 2.28 bits per heavy atom. The van der Waals surface area contributed by atoms with Crippen molar-refractivity contribution in [2.75, 3.05) is 6.61 Å². The molecule has 1 saturated carbocycles. The van der Waals surface area contributed by atoms with Crippen LogP contribution in [0.1, 0.15) is 151 Å². The molecular formula is C38H68F2O6Si. The Labute approximate surface area is 286 Å². The van der Waals surface area contributed by atoms with E-state index in [0.29, 0.717) is 25.9 Å². The summed E-state index contributed by atoms with van der Waals surface area (Å²) in [6, 6.07) is 0. The maximum atomic E-state index is 15.9. The monoisotopic (exact) mass is 686 g/mol. The smallest absolute Gasteiger partial charge is 0.306 e. The number of esters is 1. The highest BCUT2D eigenvalue weighted by Crippen LogP contribution is 2.42. The van der Waals surface area contributed by atoms with Crippen molar-refractivity contribution in [3.8, 4) is 0 Å². The fourth-order valence-corrected chi connectivity index (χ4v) is 7.54. The number of hydrogen-bond donors (Lipinski definition) is 0. The van der Waals surface area contributed by atoms with Gasteiger partial charge >= 0.3 is 5.97 Å². The molecule has 0 radical (unpaired) electrons. The van der Waals surface area contributed by atoms with Crippen molar-refractivity contribution >= 4 is 20.1 Å². The Morgan fingerprint density at radius 2 is 1.66 bits per heavy atom. The van der Waals surface area contributed by atoms with Crippen LogP contribution in [-0.4, -0.2) is 57.2 Å². The van der Waals surface area contributed by atoms with Gasteiger partial charge in [-0.2, -0.15) is 0 Å². The number of halogens is 2. The second kappa shape index (κ2) is 20.5. The van der Waals surface area contributed by atoms with Gasteiger partial charge in [-0.25, -0.2) is 8.78 Å². The number of Topliss-reactive ketones (excluding diaryl/α,β-unsaturated/α-hetero) is 1. The number of unbranched alkanes of at least 4 members (excludes halogenated alkanes) is 8. The molecule has 2 fully saturated rings. The van der Waals surface area contributed by atoms with Crippen molar-refractivity contribution in [3.05, 3.63) is 12.2 Å². The lowest BCUT2D eigenvalue weighted by Gasteiger charge is -2.40. The van der Waals surface area contributed by atoms with Gasteiger partial charge in [0.1, 0.15) is 11.9 Å². The van der Waals surface area contributed by atoms with Crippen LogP contribution in [0, 0.1) is 11.8 Å². The highest BCUT2D eigenvalue weighted by atomic mass is 28.4. The highest BCUT2D eigenvalue weighted by Gasteiger charge is 2.47. The van der Waals surface area contributed by atoms with E-state index in [1.54, 1.807) is 6.08 Å². The van der Waals surface area contributed by atoms with Crippen molar-refractivity contribution in [2.24, 2.45) is 11.8 Å². The van der Waals surface area contributed by atoms with Gasteiger partial charge in [-0.3, -0.25) is 9.59 Å². The first-order valence-electron chi connectivity index (χ1n) is 18.8. The van der Waals surface area contributed by atoms with Gasteiger partial charge in [0.05, 0.1) is 12.2 Å². The zero-order valence-corrected chi connectivity index (χ0v) is 32.1. The summed E-state index contributed by atoms with van der Waals surface area (Å²) in [7, 11) is -2.52. The van der Waals surface area contributed by atoms with Crippen molar-refractivity contribution in [1.29, 1.82) is 0 Å². The molecule has 1 aliphatic carbocycles. The minimum absolute atomic E-state index is 0.0812. The summed E-state index contributed by atoms with van der Waals surface area (Å²) in [5.74, 6) is -3.55. The number of hydrogen-bond acceptors (Lipinski definition) is 6. The van der Waals surface area contributed by atoms with E-state index in [-0.39, 0.29) is 60.0 Å². The summed E-state index contributed by atoms with van der Waals surface area (Å²) in [5, 5.41) is -0.218. The first kappa shape index (κ1) is 42.0. The minimum atomic E-state index is -3.01. The van der Waals surface area contributed by atoms with E-state index >= 15 is 8.78 Å². The number of ether oxygens (including phenoxy) is 3. The van der Waals surface area contributed by atoms with Crippen LogP contribution >= 0.6 is 0 Å². The van der Waals surface area contributed by atoms with Crippen LogP contribution in [0.2, 0.25) is 18.1 Å². The number of rotatable bonds is 22. The zero-order chi connectivity index (χ0) is 35.1. The van der Waals surface area contributed by atoms with Crippen LogP contribution in [0.3, 0.4) is 0 Å². The fourth-order valence-electron chi connectivity index (χ4n) is 6.31. The lowest BCUT2D eigenvalue weighted by molar-refractivity contribution is -0.192. The first-order chi connectivity index (χ1) is 22.1. The maximum absolute atomic E-state index is 15.9. The minimum Gasteiger partial charge on any atom is -0.463 e. The normalized spacial score (nSPS) is 23.6. The van der Waals surface area contributed by atoms with Gasteiger partial charge in [0.25, 0.3) is 5.92 Å². The van der Waals surface area contributed by atoms with Crippen LogP contribution in [-0.2, 0) is 28.2 Å². The van der Waals surface area contributed by atoms with Crippen molar-refractivity contribution < 1.29 is 37.0 Å². The predicted molar refractivity (Wildman–Crippen MR) is 188 cm³/mol. The summed E-state index contributed by atoms with van der Waals surface area (Å²) in [4.78, 5) is 25.2. The lowest BCUT2D eigenvalue weighted by atomic mass is 9.88. The third-order valence-corrected chi connectivity index (χ3v) is 14.7. The molecule has 274 valence electrons. The van der Waals surface area contributed by atoms with E-state index in [2.05, 4.69) is 27.7 Å². The van der Waals surface area contributed by atoms with Crippen molar-refractivity contribution in [1.82, 2.24) is 0 Å². The summed E-state index contributed by atoms with van der Waals surface area (Å²) < 4.78 is 55.7. The molecule has 2 aliphatic rings. The van der Waals surface area contributed by atoms with E-state index in [1.165, 1.54) is 0 Å². The molecule has 0 amide bonds. The second-order valence-electron chi connectivity index (χ2n) is 15.8. The lowest BCUT2D eigenvalue weighted by Crippen LogP contribution is -2.48. The Balaban J connectivity index is 2.14. The largest absolute Gasteiger partial charge is 0.463 e. The SMILES string of the molecule is CCCCCCC(F)(F)C(C=C[C@H]1[C@H](OC2CCCCO2)CC(=O)[C@@H]1CCCCCCCCC(=O)OC(C)C)O[Si](C)(C)C(C)(C)C. The van der Waals surface area contributed by atoms with Gasteiger partial charge in [0.15, 0.2) is 14.6 Å². The molecule has 0 aromatic heterocycles. The van der Waals surface area contributed by atoms with Crippen molar-refractivity contribution in [3.63, 3.8) is 0 Å². The molecule has 0 spiro atoms. The van der Waals surface area contributed by atoms with Gasteiger partial charge in [-0.15, -0.1) is 0 Å². The highest BCUT2D eigenvalue weighted by molar-refractivity contribution is 6.74. The Morgan fingerprint density at radius 1 is 1.00 bits per heavy atom. The topological polar surface area (TPSA) is 71.1 Å². The molecule has 2 rings (SSSR count). The molecule has 1 saturated heterocycles. The molecule has 1 heterocycles. The quantitative estimate of drug-likeness (QED) is 0.0489. The Hall–Kier alpha value is -1.16. The molecule has 2 unspecified atom stereocenters. The molecular weight excluding hydrogens is 618 g/mol.